The molecule has 1 fully saturated rings. The van der Waals surface area contributed by atoms with Gasteiger partial charge in [0.15, 0.2) is 5.65 Å². The summed E-state index contributed by atoms with van der Waals surface area (Å²) in [6.07, 6.45) is 3.50. The fraction of sp³-hybridized carbons (Fsp3) is 0.316. The zero-order valence-corrected chi connectivity index (χ0v) is 15.4. The van der Waals surface area contributed by atoms with Crippen LogP contribution in [0.15, 0.2) is 42.6 Å². The predicted molar refractivity (Wildman–Crippen MR) is 101 cm³/mol. The van der Waals surface area contributed by atoms with Crippen LogP contribution in [0.3, 0.4) is 0 Å². The standard InChI is InChI=1S/C19H19ClFN5O/c20-15-5-8-17-23-24-19(26(17)12-15)25-9-1-2-14(11-25)18(27)22-10-13-3-6-16(21)7-4-13/h3-8,12,14H,1-2,9-11H2,(H,22,27). The highest BCUT2D eigenvalue weighted by Gasteiger charge is 2.28. The molecule has 0 saturated carbocycles. The van der Waals surface area contributed by atoms with Gasteiger partial charge in [-0.2, -0.15) is 0 Å². The van der Waals surface area contributed by atoms with Gasteiger partial charge in [0.1, 0.15) is 5.82 Å². The van der Waals surface area contributed by atoms with Gasteiger partial charge in [-0.1, -0.05) is 23.7 Å². The Kier molecular flexibility index (Phi) is 4.94. The second-order valence-corrected chi connectivity index (χ2v) is 7.14. The number of amides is 1. The van der Waals surface area contributed by atoms with E-state index in [1.54, 1.807) is 24.4 Å². The molecule has 27 heavy (non-hydrogen) atoms. The maximum atomic E-state index is 13.0. The maximum absolute atomic E-state index is 13.0. The van der Waals surface area contributed by atoms with Gasteiger partial charge in [-0.3, -0.25) is 9.20 Å². The molecule has 1 saturated heterocycles. The van der Waals surface area contributed by atoms with E-state index in [1.807, 2.05) is 10.5 Å². The third kappa shape index (κ3) is 3.88. The van der Waals surface area contributed by atoms with Crippen LogP contribution >= 0.6 is 11.6 Å². The van der Waals surface area contributed by atoms with E-state index < -0.39 is 0 Å². The quantitative estimate of drug-likeness (QED) is 0.747. The molecule has 1 aromatic carbocycles. The van der Waals surface area contributed by atoms with Crippen LogP contribution in [0, 0.1) is 11.7 Å². The van der Waals surface area contributed by atoms with E-state index in [1.165, 1.54) is 12.1 Å². The fourth-order valence-corrected chi connectivity index (χ4v) is 3.54. The highest BCUT2D eigenvalue weighted by atomic mass is 35.5. The minimum Gasteiger partial charge on any atom is -0.352 e. The Morgan fingerprint density at radius 3 is 2.85 bits per heavy atom. The van der Waals surface area contributed by atoms with Crippen LogP contribution in [0.1, 0.15) is 18.4 Å². The lowest BCUT2D eigenvalue weighted by molar-refractivity contribution is -0.125. The lowest BCUT2D eigenvalue weighted by Gasteiger charge is -2.32. The first-order valence-corrected chi connectivity index (χ1v) is 9.25. The van der Waals surface area contributed by atoms with Gasteiger partial charge < -0.3 is 10.2 Å². The van der Waals surface area contributed by atoms with E-state index in [9.17, 15) is 9.18 Å². The maximum Gasteiger partial charge on any atom is 0.231 e. The van der Waals surface area contributed by atoms with Crippen molar-refractivity contribution in [2.24, 2.45) is 5.92 Å². The molecule has 1 aliphatic rings. The molecule has 3 heterocycles. The average Bonchev–Trinajstić information content (AvgIpc) is 3.10. The molecule has 2 aromatic heterocycles. The first kappa shape index (κ1) is 17.7. The zero-order chi connectivity index (χ0) is 18.8. The van der Waals surface area contributed by atoms with Gasteiger partial charge in [0.05, 0.1) is 10.9 Å². The van der Waals surface area contributed by atoms with Crippen molar-refractivity contribution in [1.82, 2.24) is 19.9 Å². The molecule has 6 nitrogen and oxygen atoms in total. The van der Waals surface area contributed by atoms with Gasteiger partial charge in [-0.25, -0.2) is 4.39 Å². The van der Waals surface area contributed by atoms with Crippen molar-refractivity contribution in [3.05, 3.63) is 59.0 Å². The summed E-state index contributed by atoms with van der Waals surface area (Å²) in [5.74, 6) is 0.277. The number of benzene rings is 1. The minimum absolute atomic E-state index is 0.00382. The minimum atomic E-state index is -0.284. The van der Waals surface area contributed by atoms with Gasteiger partial charge in [-0.15, -0.1) is 10.2 Å². The third-order valence-electron chi connectivity index (χ3n) is 4.80. The Morgan fingerprint density at radius 1 is 1.22 bits per heavy atom. The van der Waals surface area contributed by atoms with Gasteiger partial charge in [0.2, 0.25) is 11.9 Å². The smallest absolute Gasteiger partial charge is 0.231 e. The highest BCUT2D eigenvalue weighted by Crippen LogP contribution is 2.23. The second-order valence-electron chi connectivity index (χ2n) is 6.70. The number of carbonyl (C=O) groups is 1. The highest BCUT2D eigenvalue weighted by molar-refractivity contribution is 6.30. The van der Waals surface area contributed by atoms with Crippen molar-refractivity contribution in [3.8, 4) is 0 Å². The number of rotatable bonds is 4. The number of halogens is 2. The Bertz CT molecular complexity index is 958. The molecule has 1 aliphatic heterocycles. The summed E-state index contributed by atoms with van der Waals surface area (Å²) in [7, 11) is 0. The average molecular weight is 388 g/mol. The van der Waals surface area contributed by atoms with Crippen molar-refractivity contribution >= 4 is 29.1 Å². The molecule has 1 amide bonds. The Morgan fingerprint density at radius 2 is 2.04 bits per heavy atom. The van der Waals surface area contributed by atoms with Gasteiger partial charge in [-0.05, 0) is 42.7 Å². The predicted octanol–water partition coefficient (Wildman–Crippen LogP) is 3.05. The van der Waals surface area contributed by atoms with Crippen LogP contribution in [0.25, 0.3) is 5.65 Å². The van der Waals surface area contributed by atoms with Crippen molar-refractivity contribution in [1.29, 1.82) is 0 Å². The number of anilines is 1. The molecule has 3 aromatic rings. The topological polar surface area (TPSA) is 62.5 Å². The summed E-state index contributed by atoms with van der Waals surface area (Å²) >= 11 is 6.09. The molecule has 1 atom stereocenters. The van der Waals surface area contributed by atoms with Gasteiger partial charge in [0, 0.05) is 25.8 Å². The number of hydrogen-bond donors (Lipinski definition) is 1. The van der Waals surface area contributed by atoms with Crippen molar-refractivity contribution < 1.29 is 9.18 Å². The molecule has 0 aliphatic carbocycles. The second kappa shape index (κ2) is 7.52. The van der Waals surface area contributed by atoms with Crippen LogP contribution in [0.5, 0.6) is 0 Å². The number of nitrogens with one attached hydrogen (secondary N) is 1. The lowest BCUT2D eigenvalue weighted by atomic mass is 9.97. The first-order valence-electron chi connectivity index (χ1n) is 8.87. The zero-order valence-electron chi connectivity index (χ0n) is 14.6. The van der Waals surface area contributed by atoms with Crippen LogP contribution in [0.4, 0.5) is 10.3 Å². The number of piperidine rings is 1. The van der Waals surface area contributed by atoms with E-state index in [0.29, 0.717) is 24.1 Å². The lowest BCUT2D eigenvalue weighted by Crippen LogP contribution is -2.43. The third-order valence-corrected chi connectivity index (χ3v) is 5.03. The summed E-state index contributed by atoms with van der Waals surface area (Å²) in [5.41, 5.74) is 1.59. The Labute approximate surface area is 161 Å². The molecule has 140 valence electrons. The van der Waals surface area contributed by atoms with Crippen molar-refractivity contribution in [2.75, 3.05) is 18.0 Å². The van der Waals surface area contributed by atoms with E-state index in [0.717, 1.165) is 30.6 Å². The molecule has 0 bridgehead atoms. The normalized spacial score (nSPS) is 17.3. The van der Waals surface area contributed by atoms with Crippen molar-refractivity contribution in [2.45, 2.75) is 19.4 Å². The van der Waals surface area contributed by atoms with Crippen molar-refractivity contribution in [3.63, 3.8) is 0 Å². The Balaban J connectivity index is 1.43. The molecule has 0 spiro atoms. The number of hydrogen-bond acceptors (Lipinski definition) is 4. The van der Waals surface area contributed by atoms with Crippen LogP contribution < -0.4 is 10.2 Å². The van der Waals surface area contributed by atoms with Gasteiger partial charge >= 0.3 is 0 Å². The van der Waals surface area contributed by atoms with Gasteiger partial charge in [0.25, 0.3) is 0 Å². The Hall–Kier alpha value is -2.67. The summed E-state index contributed by atoms with van der Waals surface area (Å²) < 4.78 is 14.8. The summed E-state index contributed by atoms with van der Waals surface area (Å²) in [6.45, 7) is 1.77. The number of pyridine rings is 1. The molecular weight excluding hydrogens is 369 g/mol. The SMILES string of the molecule is O=C(NCc1ccc(F)cc1)C1CCCN(c2nnc3ccc(Cl)cn23)C1. The summed E-state index contributed by atoms with van der Waals surface area (Å²) in [5, 5.41) is 12.0. The van der Waals surface area contributed by atoms with E-state index in [-0.39, 0.29) is 17.6 Å². The molecule has 1 N–H and O–H groups in total. The van der Waals surface area contributed by atoms with E-state index in [4.69, 9.17) is 11.6 Å². The van der Waals surface area contributed by atoms with E-state index >= 15 is 0 Å². The molecule has 8 heteroatoms. The van der Waals surface area contributed by atoms with Crippen LogP contribution in [-0.2, 0) is 11.3 Å². The van der Waals surface area contributed by atoms with Crippen LogP contribution in [0.2, 0.25) is 5.02 Å². The number of carbonyl (C=O) groups excluding carboxylic acids is 1. The summed E-state index contributed by atoms with van der Waals surface area (Å²) in [4.78, 5) is 14.7. The molecule has 4 rings (SSSR count). The largest absolute Gasteiger partial charge is 0.352 e. The fourth-order valence-electron chi connectivity index (χ4n) is 3.38. The monoisotopic (exact) mass is 387 g/mol. The molecular formula is C19H19ClFN5O. The van der Waals surface area contributed by atoms with E-state index in [2.05, 4.69) is 20.4 Å². The molecule has 1 unspecified atom stereocenters. The number of nitrogens with zero attached hydrogens (tertiary/aromatic N) is 4. The molecule has 0 radical (unpaired) electrons. The first-order chi connectivity index (χ1) is 13.1. The summed E-state index contributed by atoms with van der Waals surface area (Å²) in [6, 6.07) is 9.73. The number of fused-ring (bicyclic) bond motifs is 1. The van der Waals surface area contributed by atoms with Crippen LogP contribution in [-0.4, -0.2) is 33.6 Å². The number of aromatic nitrogens is 3.